The van der Waals surface area contributed by atoms with Crippen molar-refractivity contribution in [2.45, 2.75) is 66.2 Å². The molecule has 1 N–H and O–H groups in total. The standard InChI is InChI=1S/C22H31FO.Ac/c1-13-11-16(24)12-15-5-6-17-19-8-7-18(14(2)23)21(19,3)10-9-20(17)22(13,15)4;/h5,12-13,17,19-20,24H,6-11H2,1-4H3;/b18-14+;/t13-,17?,19?,20?,21?,22?;/m0./s1. The van der Waals surface area contributed by atoms with E-state index in [-0.39, 0.29) is 60.7 Å². The number of aliphatic hydroxyl groups is 1. The molecule has 135 valence electrons. The molecular formula is C22H31AcFO. The number of allylic oxidation sites excluding steroid dienone is 6. The minimum atomic E-state index is 0. The van der Waals surface area contributed by atoms with Crippen molar-refractivity contribution in [3.63, 3.8) is 0 Å². The van der Waals surface area contributed by atoms with E-state index in [2.05, 4.69) is 26.8 Å². The molecule has 1 radical (unpaired) electrons. The molecule has 0 saturated heterocycles. The smallest absolute Gasteiger partial charge is 0.0966 e. The first-order valence-electron chi connectivity index (χ1n) is 9.74. The molecule has 25 heavy (non-hydrogen) atoms. The third-order valence-electron chi connectivity index (χ3n) is 8.50. The van der Waals surface area contributed by atoms with E-state index in [9.17, 15) is 9.50 Å². The summed E-state index contributed by atoms with van der Waals surface area (Å²) < 4.78 is 14.1. The van der Waals surface area contributed by atoms with Crippen molar-refractivity contribution in [2.75, 3.05) is 0 Å². The van der Waals surface area contributed by atoms with Crippen LogP contribution in [-0.2, 0) is 0 Å². The largest absolute Gasteiger partial charge is 0.512 e. The third-order valence-corrected chi connectivity index (χ3v) is 8.50. The van der Waals surface area contributed by atoms with Crippen LogP contribution in [0.2, 0.25) is 0 Å². The van der Waals surface area contributed by atoms with E-state index >= 15 is 0 Å². The molecule has 0 heterocycles. The molecule has 4 aliphatic rings. The number of hydrogen-bond donors (Lipinski definition) is 1. The summed E-state index contributed by atoms with van der Waals surface area (Å²) in [5, 5.41) is 10.1. The van der Waals surface area contributed by atoms with Crippen LogP contribution in [0.5, 0.6) is 0 Å². The van der Waals surface area contributed by atoms with E-state index in [1.54, 1.807) is 6.92 Å². The fraction of sp³-hybridized carbons (Fsp3) is 0.727. The van der Waals surface area contributed by atoms with Crippen LogP contribution in [0.1, 0.15) is 66.2 Å². The van der Waals surface area contributed by atoms with Crippen LogP contribution in [0.25, 0.3) is 0 Å². The van der Waals surface area contributed by atoms with Crippen LogP contribution in [0.15, 0.2) is 34.9 Å². The summed E-state index contributed by atoms with van der Waals surface area (Å²) in [5.74, 6) is 3.07. The summed E-state index contributed by atoms with van der Waals surface area (Å²) in [6, 6.07) is 0. The molecule has 4 aliphatic carbocycles. The zero-order chi connectivity index (χ0) is 17.3. The number of fused-ring (bicyclic) bond motifs is 5. The molecule has 4 rings (SSSR count). The Balaban J connectivity index is 0.00000182. The molecule has 2 saturated carbocycles. The zero-order valence-electron chi connectivity index (χ0n) is 16.1. The first kappa shape index (κ1) is 20.1. The molecule has 1 nitrogen and oxygen atoms in total. The van der Waals surface area contributed by atoms with Crippen molar-refractivity contribution in [3.8, 4) is 0 Å². The van der Waals surface area contributed by atoms with Gasteiger partial charge >= 0.3 is 0 Å². The molecule has 3 heteroatoms. The van der Waals surface area contributed by atoms with Gasteiger partial charge in [-0.05, 0) is 90.8 Å². The van der Waals surface area contributed by atoms with Gasteiger partial charge in [0.2, 0.25) is 0 Å². The Labute approximate surface area is 187 Å². The van der Waals surface area contributed by atoms with Crippen molar-refractivity contribution in [1.82, 2.24) is 0 Å². The van der Waals surface area contributed by atoms with Crippen molar-refractivity contribution >= 4 is 0 Å². The molecular weight excluding hydrogens is 526 g/mol. The second-order valence-corrected chi connectivity index (χ2v) is 9.30. The number of aliphatic hydroxyl groups excluding tert-OH is 1. The summed E-state index contributed by atoms with van der Waals surface area (Å²) in [7, 11) is 0. The normalized spacial score (nSPS) is 47.6. The maximum Gasteiger partial charge on any atom is 0.0966 e. The van der Waals surface area contributed by atoms with Gasteiger partial charge in [0.1, 0.15) is 0 Å². The van der Waals surface area contributed by atoms with E-state index in [0.29, 0.717) is 29.4 Å². The first-order valence-corrected chi connectivity index (χ1v) is 9.74. The van der Waals surface area contributed by atoms with Gasteiger partial charge in [0.05, 0.1) is 11.6 Å². The van der Waals surface area contributed by atoms with E-state index < -0.39 is 0 Å². The Hall–Kier alpha value is 0.392. The molecule has 5 unspecified atom stereocenters. The number of halogens is 1. The van der Waals surface area contributed by atoms with Gasteiger partial charge in [-0.2, -0.15) is 0 Å². The molecule has 0 amide bonds. The van der Waals surface area contributed by atoms with E-state index in [1.165, 1.54) is 12.0 Å². The minimum absolute atomic E-state index is 0. The summed E-state index contributed by atoms with van der Waals surface area (Å²) in [6.07, 6.45) is 10.8. The molecule has 0 aromatic rings. The minimum Gasteiger partial charge on any atom is -0.512 e. The molecule has 0 bridgehead atoms. The maximum absolute atomic E-state index is 14.1. The molecule has 6 atom stereocenters. The molecule has 0 spiro atoms. The van der Waals surface area contributed by atoms with Gasteiger partial charge in [-0.1, -0.05) is 26.8 Å². The number of hydrogen-bond acceptors (Lipinski definition) is 1. The van der Waals surface area contributed by atoms with Crippen LogP contribution >= 0.6 is 0 Å². The van der Waals surface area contributed by atoms with Gasteiger partial charge in [-0.3, -0.25) is 0 Å². The second kappa shape index (κ2) is 6.77. The predicted molar refractivity (Wildman–Crippen MR) is 96.2 cm³/mol. The van der Waals surface area contributed by atoms with E-state index in [1.807, 2.05) is 6.08 Å². The van der Waals surface area contributed by atoms with Crippen LogP contribution in [0.4, 0.5) is 4.39 Å². The van der Waals surface area contributed by atoms with Gasteiger partial charge in [-0.25, -0.2) is 4.39 Å². The van der Waals surface area contributed by atoms with Crippen LogP contribution < -0.4 is 0 Å². The Bertz CT molecular complexity index is 659. The maximum atomic E-state index is 14.1. The summed E-state index contributed by atoms with van der Waals surface area (Å²) in [6.45, 7) is 8.72. The predicted octanol–water partition coefficient (Wildman–Crippen LogP) is 6.49. The molecule has 0 aromatic carbocycles. The summed E-state index contributed by atoms with van der Waals surface area (Å²) in [4.78, 5) is 0. The Kier molecular flexibility index (Phi) is 5.45. The van der Waals surface area contributed by atoms with Crippen LogP contribution in [-0.4, -0.2) is 5.11 Å². The van der Waals surface area contributed by atoms with Crippen LogP contribution in [0, 0.1) is 78.6 Å². The summed E-state index contributed by atoms with van der Waals surface area (Å²) >= 11 is 0. The monoisotopic (exact) mass is 557 g/mol. The van der Waals surface area contributed by atoms with Crippen LogP contribution in [0.3, 0.4) is 0 Å². The Morgan fingerprint density at radius 2 is 1.96 bits per heavy atom. The van der Waals surface area contributed by atoms with E-state index in [4.69, 9.17) is 0 Å². The zero-order valence-corrected chi connectivity index (χ0v) is 20.9. The Morgan fingerprint density at radius 3 is 2.64 bits per heavy atom. The Morgan fingerprint density at radius 1 is 1.24 bits per heavy atom. The first-order chi connectivity index (χ1) is 11.3. The fourth-order valence-electron chi connectivity index (χ4n) is 7.06. The summed E-state index contributed by atoms with van der Waals surface area (Å²) in [5.41, 5.74) is 2.73. The quantitative estimate of drug-likeness (QED) is 0.361. The van der Waals surface area contributed by atoms with Crippen molar-refractivity contribution in [3.05, 3.63) is 34.9 Å². The van der Waals surface area contributed by atoms with Gasteiger partial charge in [0.25, 0.3) is 0 Å². The molecule has 2 fully saturated rings. The molecule has 0 aliphatic heterocycles. The van der Waals surface area contributed by atoms with Gasteiger partial charge in [0.15, 0.2) is 0 Å². The van der Waals surface area contributed by atoms with E-state index in [0.717, 1.165) is 37.7 Å². The van der Waals surface area contributed by atoms with Gasteiger partial charge < -0.3 is 5.11 Å². The second-order valence-electron chi connectivity index (χ2n) is 9.30. The third kappa shape index (κ3) is 2.77. The van der Waals surface area contributed by atoms with Crippen molar-refractivity contribution in [2.24, 2.45) is 34.5 Å². The van der Waals surface area contributed by atoms with Gasteiger partial charge in [-0.15, -0.1) is 0 Å². The SMILES string of the molecule is C/C(F)=C1/CCC2C3CC=C4C=C(O)C[C@H](C)C4(C)C3CCC12C.[Ac]. The molecule has 0 aromatic heterocycles. The average molecular weight is 557 g/mol. The average Bonchev–Trinajstić information content (AvgIpc) is 2.86. The topological polar surface area (TPSA) is 20.2 Å². The van der Waals surface area contributed by atoms with Crippen molar-refractivity contribution < 1.29 is 53.6 Å². The van der Waals surface area contributed by atoms with Crippen molar-refractivity contribution in [1.29, 1.82) is 0 Å². The number of rotatable bonds is 0. The van der Waals surface area contributed by atoms with Gasteiger partial charge in [0, 0.05) is 50.5 Å². The fourth-order valence-corrected chi connectivity index (χ4v) is 7.06.